The van der Waals surface area contributed by atoms with Crippen LogP contribution in [0.15, 0.2) is 22.8 Å². The Labute approximate surface area is 150 Å². The first-order valence-electron chi connectivity index (χ1n) is 9.75. The predicted molar refractivity (Wildman–Crippen MR) is 96.6 cm³/mol. The second-order valence-electron chi connectivity index (χ2n) is 8.71. The molecule has 7 atom stereocenters. The lowest BCUT2D eigenvalue weighted by molar-refractivity contribution is -0.120. The topological polar surface area (TPSA) is 37.3 Å². The third-order valence-electron chi connectivity index (χ3n) is 7.93. The largest absolute Gasteiger partial charge is 0.387 e. The number of carbonyl (C=O) groups is 1. The van der Waals surface area contributed by atoms with E-state index in [1.807, 2.05) is 6.08 Å². The van der Waals surface area contributed by atoms with Gasteiger partial charge in [0.1, 0.15) is 0 Å². The molecule has 2 saturated carbocycles. The molecule has 0 amide bonds. The minimum Gasteiger partial charge on any atom is -0.387 e. The second kappa shape index (κ2) is 5.99. The van der Waals surface area contributed by atoms with Gasteiger partial charge in [0.25, 0.3) is 0 Å². The van der Waals surface area contributed by atoms with Crippen molar-refractivity contribution in [3.8, 4) is 0 Å². The standard InChI is InChI=1S/C21H29ClO2/c1-3-21-9-8-16-15-5-4-14(23)11-13(15)10-12(2)19(16)17(21)6-7-18(22)20(21)24/h7,11-12,15-17,19-20,24H,3-6,8-10H2,1-2H3/t12-,15+,16-,17+,19-,20+,21?/m1/s1. The predicted octanol–water partition coefficient (Wildman–Crippen LogP) is 4.86. The van der Waals surface area contributed by atoms with Crippen molar-refractivity contribution in [2.24, 2.45) is 35.0 Å². The quantitative estimate of drug-likeness (QED) is 0.734. The SMILES string of the molecule is CCC12CC[C@H]3[C@@H]([C@H](C)CC4=CC(=O)CC[C@@H]43)[C@@H]1CC=C(Cl)[C@@H]2O. The van der Waals surface area contributed by atoms with Gasteiger partial charge in [-0.3, -0.25) is 4.79 Å². The van der Waals surface area contributed by atoms with E-state index in [1.54, 1.807) is 0 Å². The smallest absolute Gasteiger partial charge is 0.155 e. The van der Waals surface area contributed by atoms with Gasteiger partial charge in [-0.05, 0) is 74.2 Å². The van der Waals surface area contributed by atoms with Gasteiger partial charge in [-0.15, -0.1) is 0 Å². The molecule has 4 aliphatic carbocycles. The summed E-state index contributed by atoms with van der Waals surface area (Å²) in [7, 11) is 0. The zero-order valence-electron chi connectivity index (χ0n) is 14.8. The van der Waals surface area contributed by atoms with Crippen LogP contribution in [0.1, 0.15) is 58.8 Å². The molecule has 0 heterocycles. The normalized spacial score (nSPS) is 47.9. The molecule has 24 heavy (non-hydrogen) atoms. The molecule has 0 bridgehead atoms. The van der Waals surface area contributed by atoms with Crippen LogP contribution in [0.25, 0.3) is 0 Å². The maximum atomic E-state index is 11.9. The number of hydrogen-bond donors (Lipinski definition) is 1. The molecular weight excluding hydrogens is 320 g/mol. The lowest BCUT2D eigenvalue weighted by atomic mass is 9.45. The molecule has 4 rings (SSSR count). The van der Waals surface area contributed by atoms with Crippen LogP contribution in [0, 0.1) is 35.0 Å². The fourth-order valence-corrected chi connectivity index (χ4v) is 7.16. The van der Waals surface area contributed by atoms with Crippen LogP contribution in [-0.2, 0) is 4.79 Å². The number of fused-ring (bicyclic) bond motifs is 5. The first-order valence-corrected chi connectivity index (χ1v) is 10.1. The van der Waals surface area contributed by atoms with Gasteiger partial charge in [-0.25, -0.2) is 0 Å². The van der Waals surface area contributed by atoms with Gasteiger partial charge >= 0.3 is 0 Å². The van der Waals surface area contributed by atoms with Crippen LogP contribution < -0.4 is 0 Å². The van der Waals surface area contributed by atoms with E-state index in [2.05, 4.69) is 19.9 Å². The zero-order valence-corrected chi connectivity index (χ0v) is 15.6. The van der Waals surface area contributed by atoms with Gasteiger partial charge in [0.05, 0.1) is 6.10 Å². The van der Waals surface area contributed by atoms with Crippen molar-refractivity contribution in [1.82, 2.24) is 0 Å². The van der Waals surface area contributed by atoms with E-state index in [0.717, 1.165) is 38.5 Å². The molecule has 0 aromatic heterocycles. The summed E-state index contributed by atoms with van der Waals surface area (Å²) in [6, 6.07) is 0. The molecule has 0 saturated heterocycles. The number of hydrogen-bond acceptors (Lipinski definition) is 2. The molecular formula is C21H29ClO2. The summed E-state index contributed by atoms with van der Waals surface area (Å²) in [4.78, 5) is 11.9. The van der Waals surface area contributed by atoms with Crippen LogP contribution >= 0.6 is 11.6 Å². The van der Waals surface area contributed by atoms with Crippen LogP contribution in [-0.4, -0.2) is 17.0 Å². The maximum absolute atomic E-state index is 11.9. The number of allylic oxidation sites excluding steroid dienone is 3. The van der Waals surface area contributed by atoms with Gasteiger partial charge in [0.2, 0.25) is 0 Å². The molecule has 1 N–H and O–H groups in total. The van der Waals surface area contributed by atoms with Crippen molar-refractivity contribution >= 4 is 17.4 Å². The number of ketones is 1. The monoisotopic (exact) mass is 348 g/mol. The Balaban J connectivity index is 1.72. The first-order chi connectivity index (χ1) is 11.5. The van der Waals surface area contributed by atoms with Crippen LogP contribution in [0.2, 0.25) is 0 Å². The molecule has 0 aliphatic heterocycles. The molecule has 2 fully saturated rings. The van der Waals surface area contributed by atoms with E-state index in [1.165, 1.54) is 12.0 Å². The number of rotatable bonds is 1. The molecule has 2 nitrogen and oxygen atoms in total. The highest BCUT2D eigenvalue weighted by Crippen LogP contribution is 2.63. The lowest BCUT2D eigenvalue weighted by Gasteiger charge is -2.60. The molecule has 0 aromatic rings. The molecule has 1 unspecified atom stereocenters. The highest BCUT2D eigenvalue weighted by Gasteiger charge is 2.57. The van der Waals surface area contributed by atoms with E-state index < -0.39 is 6.10 Å². The van der Waals surface area contributed by atoms with Gasteiger partial charge < -0.3 is 5.11 Å². The van der Waals surface area contributed by atoms with Crippen LogP contribution in [0.5, 0.6) is 0 Å². The van der Waals surface area contributed by atoms with Crippen molar-refractivity contribution in [1.29, 1.82) is 0 Å². The van der Waals surface area contributed by atoms with Gasteiger partial charge in [0.15, 0.2) is 5.78 Å². The number of aliphatic hydroxyl groups is 1. The summed E-state index contributed by atoms with van der Waals surface area (Å²) in [5.74, 6) is 3.41. The lowest BCUT2D eigenvalue weighted by Crippen LogP contribution is -2.55. The molecule has 4 aliphatic rings. The van der Waals surface area contributed by atoms with E-state index in [-0.39, 0.29) is 5.41 Å². The Bertz CT molecular complexity index is 607. The highest BCUT2D eigenvalue weighted by molar-refractivity contribution is 6.30. The Morgan fingerprint density at radius 1 is 1.38 bits per heavy atom. The maximum Gasteiger partial charge on any atom is 0.155 e. The van der Waals surface area contributed by atoms with Crippen molar-refractivity contribution in [3.63, 3.8) is 0 Å². The summed E-state index contributed by atoms with van der Waals surface area (Å²) in [6.07, 6.45) is 10.7. The summed E-state index contributed by atoms with van der Waals surface area (Å²) in [5, 5.41) is 11.6. The van der Waals surface area contributed by atoms with Crippen molar-refractivity contribution in [2.75, 3.05) is 0 Å². The average Bonchev–Trinajstić information content (AvgIpc) is 2.57. The minimum atomic E-state index is -0.485. The number of halogens is 1. The van der Waals surface area contributed by atoms with Crippen molar-refractivity contribution in [2.45, 2.75) is 64.9 Å². The molecule has 0 radical (unpaired) electrons. The molecule has 0 aromatic carbocycles. The van der Waals surface area contributed by atoms with Crippen molar-refractivity contribution in [3.05, 3.63) is 22.8 Å². The minimum absolute atomic E-state index is 0.0348. The zero-order chi connectivity index (χ0) is 17.1. The Kier molecular flexibility index (Phi) is 4.20. The Hall–Kier alpha value is -0.600. The summed E-state index contributed by atoms with van der Waals surface area (Å²) in [6.45, 7) is 4.59. The van der Waals surface area contributed by atoms with Crippen molar-refractivity contribution < 1.29 is 9.90 Å². The molecule has 132 valence electrons. The summed E-state index contributed by atoms with van der Waals surface area (Å²) < 4.78 is 0. The van der Waals surface area contributed by atoms with E-state index in [4.69, 9.17) is 11.6 Å². The van der Waals surface area contributed by atoms with Gasteiger partial charge in [-0.1, -0.05) is 37.1 Å². The van der Waals surface area contributed by atoms with Crippen LogP contribution in [0.3, 0.4) is 0 Å². The number of carbonyl (C=O) groups excluding carboxylic acids is 1. The third kappa shape index (κ3) is 2.29. The molecule has 0 spiro atoms. The van der Waals surface area contributed by atoms with Gasteiger partial charge in [-0.2, -0.15) is 0 Å². The van der Waals surface area contributed by atoms with Gasteiger partial charge in [0, 0.05) is 16.9 Å². The highest BCUT2D eigenvalue weighted by atomic mass is 35.5. The third-order valence-corrected chi connectivity index (χ3v) is 8.29. The van der Waals surface area contributed by atoms with E-state index in [9.17, 15) is 9.90 Å². The Morgan fingerprint density at radius 2 is 2.17 bits per heavy atom. The average molecular weight is 349 g/mol. The Morgan fingerprint density at radius 3 is 2.92 bits per heavy atom. The van der Waals surface area contributed by atoms with E-state index >= 15 is 0 Å². The van der Waals surface area contributed by atoms with E-state index in [0.29, 0.717) is 40.4 Å². The second-order valence-corrected chi connectivity index (χ2v) is 9.15. The molecule has 3 heteroatoms. The fraction of sp³-hybridized carbons (Fsp3) is 0.762. The fourth-order valence-electron chi connectivity index (χ4n) is 6.85. The summed E-state index contributed by atoms with van der Waals surface area (Å²) >= 11 is 6.36. The summed E-state index contributed by atoms with van der Waals surface area (Å²) in [5.41, 5.74) is 1.39. The van der Waals surface area contributed by atoms with Crippen LogP contribution in [0.4, 0.5) is 0 Å². The first kappa shape index (κ1) is 16.8. The number of aliphatic hydroxyl groups excluding tert-OH is 1.